The van der Waals surface area contributed by atoms with E-state index in [-0.39, 0.29) is 32.3 Å². The van der Waals surface area contributed by atoms with E-state index < -0.39 is 12.2 Å². The lowest BCUT2D eigenvalue weighted by atomic mass is 10.3. The molecule has 15 heavy (non-hydrogen) atoms. The average molecular weight is 221 g/mol. The molecule has 0 aliphatic heterocycles. The molecular weight excluding hydrogens is 206 g/mol. The number of aliphatic hydroxyl groups is 1. The van der Waals surface area contributed by atoms with Crippen molar-refractivity contribution in [3.8, 4) is 0 Å². The lowest BCUT2D eigenvalue weighted by Gasteiger charge is -2.17. The Morgan fingerprint density at radius 1 is 1.07 bits per heavy atom. The van der Waals surface area contributed by atoms with Gasteiger partial charge in [0.25, 0.3) is 0 Å². The van der Waals surface area contributed by atoms with Gasteiger partial charge in [-0.05, 0) is 0 Å². The Bertz CT molecular complexity index is 193. The molecule has 0 aromatic heterocycles. The predicted octanol–water partition coefficient (Wildman–Crippen LogP) is -1.53. The van der Waals surface area contributed by atoms with Crippen LogP contribution in [0.5, 0.6) is 0 Å². The SMILES string of the molecule is O=C(O)NCC(CNC(=O)O)NCCO. The van der Waals surface area contributed by atoms with Crippen LogP contribution in [-0.4, -0.2) is 59.8 Å². The Hall–Kier alpha value is -1.54. The number of amides is 2. The highest BCUT2D eigenvalue weighted by molar-refractivity contribution is 5.65. The fourth-order valence-corrected chi connectivity index (χ4v) is 0.906. The number of rotatable bonds is 7. The fourth-order valence-electron chi connectivity index (χ4n) is 0.906. The van der Waals surface area contributed by atoms with E-state index in [2.05, 4.69) is 16.0 Å². The first kappa shape index (κ1) is 13.5. The first-order chi connectivity index (χ1) is 7.06. The highest BCUT2D eigenvalue weighted by Gasteiger charge is 2.09. The summed E-state index contributed by atoms with van der Waals surface area (Å²) < 4.78 is 0. The third-order valence-electron chi connectivity index (χ3n) is 1.54. The van der Waals surface area contributed by atoms with Crippen LogP contribution in [-0.2, 0) is 0 Å². The van der Waals surface area contributed by atoms with Gasteiger partial charge in [-0.1, -0.05) is 0 Å². The minimum absolute atomic E-state index is 0.0651. The molecule has 0 aliphatic rings. The van der Waals surface area contributed by atoms with Crippen molar-refractivity contribution >= 4 is 12.2 Å². The molecule has 0 aromatic rings. The van der Waals surface area contributed by atoms with E-state index >= 15 is 0 Å². The quantitative estimate of drug-likeness (QED) is 0.309. The summed E-state index contributed by atoms with van der Waals surface area (Å²) in [6.07, 6.45) is -2.36. The summed E-state index contributed by atoms with van der Waals surface area (Å²) in [7, 11) is 0. The molecule has 0 heterocycles. The summed E-state index contributed by atoms with van der Waals surface area (Å²) in [6, 6.07) is -0.385. The van der Waals surface area contributed by atoms with Gasteiger partial charge in [0.1, 0.15) is 0 Å². The van der Waals surface area contributed by atoms with Gasteiger partial charge >= 0.3 is 12.2 Å². The zero-order chi connectivity index (χ0) is 11.7. The van der Waals surface area contributed by atoms with Crippen molar-refractivity contribution in [2.45, 2.75) is 6.04 Å². The number of aliphatic hydroxyl groups excluding tert-OH is 1. The number of carboxylic acid groups (broad SMARTS) is 2. The van der Waals surface area contributed by atoms with Gasteiger partial charge in [-0.25, -0.2) is 9.59 Å². The Morgan fingerprint density at radius 3 is 1.87 bits per heavy atom. The average Bonchev–Trinajstić information content (AvgIpc) is 2.16. The number of nitrogens with one attached hydrogen (secondary N) is 3. The molecule has 0 saturated carbocycles. The second-order valence-corrected chi connectivity index (χ2v) is 2.75. The van der Waals surface area contributed by atoms with E-state index in [1.807, 2.05) is 0 Å². The molecule has 0 saturated heterocycles. The molecule has 88 valence electrons. The molecule has 0 atom stereocenters. The normalized spacial score (nSPS) is 10.0. The zero-order valence-electron chi connectivity index (χ0n) is 8.06. The number of hydrogen-bond donors (Lipinski definition) is 6. The van der Waals surface area contributed by atoms with Crippen molar-refractivity contribution in [2.24, 2.45) is 0 Å². The maximum atomic E-state index is 10.2. The second kappa shape index (κ2) is 7.83. The monoisotopic (exact) mass is 221 g/mol. The van der Waals surface area contributed by atoms with Gasteiger partial charge in [-0.2, -0.15) is 0 Å². The van der Waals surface area contributed by atoms with Gasteiger partial charge in [0.05, 0.1) is 6.61 Å². The summed E-state index contributed by atoms with van der Waals surface area (Å²) in [5.41, 5.74) is 0. The van der Waals surface area contributed by atoms with Crippen LogP contribution in [0.2, 0.25) is 0 Å². The molecule has 0 bridgehead atoms. The third kappa shape index (κ3) is 8.78. The molecule has 0 aliphatic carbocycles. The Labute approximate surface area is 86.3 Å². The minimum atomic E-state index is -1.18. The van der Waals surface area contributed by atoms with Crippen molar-refractivity contribution in [3.63, 3.8) is 0 Å². The third-order valence-corrected chi connectivity index (χ3v) is 1.54. The van der Waals surface area contributed by atoms with E-state index in [0.717, 1.165) is 0 Å². The van der Waals surface area contributed by atoms with Crippen LogP contribution in [0.15, 0.2) is 0 Å². The van der Waals surface area contributed by atoms with E-state index in [1.54, 1.807) is 0 Å². The van der Waals surface area contributed by atoms with Gasteiger partial charge in [-0.3, -0.25) is 0 Å². The molecular formula is C7H15N3O5. The van der Waals surface area contributed by atoms with Crippen LogP contribution in [0.4, 0.5) is 9.59 Å². The smallest absolute Gasteiger partial charge is 0.404 e. The minimum Gasteiger partial charge on any atom is -0.465 e. The standard InChI is InChI=1S/C7H15N3O5/c11-2-1-8-5(3-9-6(12)13)4-10-7(14)15/h5,8-11H,1-4H2,(H,12,13)(H,14,15). The van der Waals surface area contributed by atoms with E-state index in [9.17, 15) is 9.59 Å². The van der Waals surface area contributed by atoms with Crippen molar-refractivity contribution in [1.29, 1.82) is 0 Å². The summed E-state index contributed by atoms with van der Waals surface area (Å²) >= 11 is 0. The molecule has 0 rings (SSSR count). The summed E-state index contributed by atoms with van der Waals surface area (Å²) in [5.74, 6) is 0. The van der Waals surface area contributed by atoms with E-state index in [0.29, 0.717) is 0 Å². The van der Waals surface area contributed by atoms with Crippen LogP contribution >= 0.6 is 0 Å². The molecule has 0 fully saturated rings. The molecule has 2 amide bonds. The van der Waals surface area contributed by atoms with Crippen molar-refractivity contribution in [1.82, 2.24) is 16.0 Å². The fraction of sp³-hybridized carbons (Fsp3) is 0.714. The molecule has 8 nitrogen and oxygen atoms in total. The Kier molecular flexibility index (Phi) is 7.02. The molecule has 0 radical (unpaired) electrons. The van der Waals surface area contributed by atoms with Gasteiger partial charge in [-0.15, -0.1) is 0 Å². The molecule has 0 aromatic carbocycles. The van der Waals surface area contributed by atoms with Gasteiger partial charge in [0, 0.05) is 25.7 Å². The highest BCUT2D eigenvalue weighted by atomic mass is 16.4. The molecule has 0 unspecified atom stereocenters. The maximum absolute atomic E-state index is 10.2. The van der Waals surface area contributed by atoms with Crippen LogP contribution in [0.25, 0.3) is 0 Å². The maximum Gasteiger partial charge on any atom is 0.404 e. The largest absolute Gasteiger partial charge is 0.465 e. The summed E-state index contributed by atoms with van der Waals surface area (Å²) in [6.45, 7) is 0.301. The molecule has 8 heteroatoms. The second-order valence-electron chi connectivity index (χ2n) is 2.75. The van der Waals surface area contributed by atoms with Crippen LogP contribution in [0, 0.1) is 0 Å². The van der Waals surface area contributed by atoms with Crippen molar-refractivity contribution in [3.05, 3.63) is 0 Å². The van der Waals surface area contributed by atoms with Gasteiger partial charge in [0.2, 0.25) is 0 Å². The lowest BCUT2D eigenvalue weighted by Crippen LogP contribution is -2.48. The summed E-state index contributed by atoms with van der Waals surface area (Å²) in [5, 5.41) is 32.2. The molecule has 0 spiro atoms. The van der Waals surface area contributed by atoms with Crippen LogP contribution in [0.1, 0.15) is 0 Å². The van der Waals surface area contributed by atoms with Crippen LogP contribution in [0.3, 0.4) is 0 Å². The lowest BCUT2D eigenvalue weighted by molar-refractivity contribution is 0.190. The topological polar surface area (TPSA) is 131 Å². The van der Waals surface area contributed by atoms with Gasteiger partial charge in [0.15, 0.2) is 0 Å². The number of hydrogen-bond acceptors (Lipinski definition) is 4. The van der Waals surface area contributed by atoms with Crippen LogP contribution < -0.4 is 16.0 Å². The highest BCUT2D eigenvalue weighted by Crippen LogP contribution is 1.80. The first-order valence-electron chi connectivity index (χ1n) is 4.34. The van der Waals surface area contributed by atoms with Gasteiger partial charge < -0.3 is 31.3 Å². The summed E-state index contributed by atoms with van der Waals surface area (Å²) in [4.78, 5) is 20.4. The Balaban J connectivity index is 3.82. The zero-order valence-corrected chi connectivity index (χ0v) is 8.06. The molecule has 6 N–H and O–H groups in total. The van der Waals surface area contributed by atoms with Crippen molar-refractivity contribution < 1.29 is 24.9 Å². The number of carbonyl (C=O) groups is 2. The van der Waals surface area contributed by atoms with E-state index in [4.69, 9.17) is 15.3 Å². The van der Waals surface area contributed by atoms with E-state index in [1.165, 1.54) is 0 Å². The predicted molar refractivity (Wildman–Crippen MR) is 50.9 cm³/mol. The first-order valence-corrected chi connectivity index (χ1v) is 4.34. The Morgan fingerprint density at radius 2 is 1.53 bits per heavy atom. The van der Waals surface area contributed by atoms with Crippen molar-refractivity contribution in [2.75, 3.05) is 26.2 Å².